The lowest BCUT2D eigenvalue weighted by Crippen LogP contribution is -2.53. The lowest BCUT2D eigenvalue weighted by molar-refractivity contribution is -0.173. The Kier molecular flexibility index (Phi) is 15.5. The quantitative estimate of drug-likeness (QED) is 0.0912. The highest BCUT2D eigenvalue weighted by atomic mass is 28.4. The van der Waals surface area contributed by atoms with Gasteiger partial charge in [0.2, 0.25) is 0 Å². The molecule has 3 unspecified atom stereocenters. The monoisotopic (exact) mass is 614 g/mol. The molecule has 42 heavy (non-hydrogen) atoms. The van der Waals surface area contributed by atoms with Crippen LogP contribution in [0.1, 0.15) is 67.2 Å². The molecule has 0 radical (unpaired) electrons. The Morgan fingerprint density at radius 2 is 1.31 bits per heavy atom. The lowest BCUT2D eigenvalue weighted by atomic mass is 9.57. The second kappa shape index (κ2) is 16.7. The van der Waals surface area contributed by atoms with Crippen LogP contribution < -0.4 is 0 Å². The molecule has 0 rings (SSSR count). The predicted molar refractivity (Wildman–Crippen MR) is 150 cm³/mol. The summed E-state index contributed by atoms with van der Waals surface area (Å²) < 4.78 is 32.0. The van der Waals surface area contributed by atoms with Crippen molar-refractivity contribution in [3.05, 3.63) is 0 Å². The molecule has 0 aromatic carbocycles. The fourth-order valence-electron chi connectivity index (χ4n) is 4.26. The standard InChI is InChI=1S/C28H46N2O11Si/c1-10-26(4,23(34)41-16-13-31)18-27(5,24(35)39-14-11-17-42(36-7,37-8)38-9)28(6,20-30)21(32)12-15-40-22(33)25(2,3)19-29/h31H,10-18H2,1-9H3. The van der Waals surface area contributed by atoms with Crippen molar-refractivity contribution in [3.63, 3.8) is 0 Å². The van der Waals surface area contributed by atoms with E-state index in [-0.39, 0.29) is 32.5 Å². The number of ketones is 1. The number of rotatable bonds is 20. The van der Waals surface area contributed by atoms with Crippen molar-refractivity contribution < 1.29 is 51.8 Å². The average Bonchev–Trinajstić information content (AvgIpc) is 2.98. The van der Waals surface area contributed by atoms with E-state index in [4.69, 9.17) is 37.9 Å². The molecule has 0 fully saturated rings. The minimum atomic E-state index is -2.95. The summed E-state index contributed by atoms with van der Waals surface area (Å²) in [6.45, 7) is 7.42. The lowest BCUT2D eigenvalue weighted by Gasteiger charge is -2.43. The van der Waals surface area contributed by atoms with E-state index in [1.54, 1.807) is 13.8 Å². The van der Waals surface area contributed by atoms with Gasteiger partial charge in [0.05, 0.1) is 42.8 Å². The molecule has 0 saturated heterocycles. The van der Waals surface area contributed by atoms with Gasteiger partial charge >= 0.3 is 26.7 Å². The van der Waals surface area contributed by atoms with Crippen molar-refractivity contribution in [2.45, 2.75) is 73.3 Å². The topological polar surface area (TPSA) is 191 Å². The Labute approximate surface area is 249 Å². The van der Waals surface area contributed by atoms with Gasteiger partial charge in [0.25, 0.3) is 0 Å². The summed E-state index contributed by atoms with van der Waals surface area (Å²) in [5.41, 5.74) is -6.67. The smallest absolute Gasteiger partial charge is 0.465 e. The van der Waals surface area contributed by atoms with Crippen molar-refractivity contribution in [1.82, 2.24) is 0 Å². The summed E-state index contributed by atoms with van der Waals surface area (Å²) in [5.74, 6) is -3.17. The second-order valence-corrected chi connectivity index (χ2v) is 14.2. The molecule has 1 N–H and O–H groups in total. The second-order valence-electron chi connectivity index (χ2n) is 11.1. The number of esters is 3. The minimum Gasteiger partial charge on any atom is -0.465 e. The Morgan fingerprint density at radius 1 is 0.786 bits per heavy atom. The number of ether oxygens (including phenoxy) is 3. The van der Waals surface area contributed by atoms with Crippen LogP contribution in [0.4, 0.5) is 0 Å². The van der Waals surface area contributed by atoms with Crippen molar-refractivity contribution in [2.24, 2.45) is 21.7 Å². The van der Waals surface area contributed by atoms with Gasteiger partial charge in [-0.05, 0) is 53.9 Å². The van der Waals surface area contributed by atoms with Crippen LogP contribution in [0.25, 0.3) is 0 Å². The van der Waals surface area contributed by atoms with Crippen LogP contribution in [-0.4, -0.2) is 85.4 Å². The van der Waals surface area contributed by atoms with Gasteiger partial charge in [0.1, 0.15) is 17.4 Å². The number of carbonyl (C=O) groups is 4. The molecule has 0 spiro atoms. The number of hydrogen-bond donors (Lipinski definition) is 1. The van der Waals surface area contributed by atoms with E-state index < -0.39 is 73.8 Å². The van der Waals surface area contributed by atoms with E-state index in [0.29, 0.717) is 6.04 Å². The van der Waals surface area contributed by atoms with Crippen LogP contribution in [0.15, 0.2) is 0 Å². The molecule has 0 aromatic heterocycles. The largest absolute Gasteiger partial charge is 0.500 e. The van der Waals surface area contributed by atoms with Crippen LogP contribution in [-0.2, 0) is 46.7 Å². The molecule has 0 saturated carbocycles. The van der Waals surface area contributed by atoms with Gasteiger partial charge in [0.15, 0.2) is 5.78 Å². The highest BCUT2D eigenvalue weighted by molar-refractivity contribution is 6.60. The van der Waals surface area contributed by atoms with Gasteiger partial charge in [-0.3, -0.25) is 19.2 Å². The highest BCUT2D eigenvalue weighted by Gasteiger charge is 2.59. The van der Waals surface area contributed by atoms with E-state index in [1.165, 1.54) is 49.0 Å². The molecular formula is C28H46N2O11Si. The maximum atomic E-state index is 13.8. The zero-order valence-corrected chi connectivity index (χ0v) is 27.3. The van der Waals surface area contributed by atoms with Crippen molar-refractivity contribution in [1.29, 1.82) is 10.5 Å². The minimum absolute atomic E-state index is 0.117. The highest BCUT2D eigenvalue weighted by Crippen LogP contribution is 2.50. The molecule has 0 aromatic rings. The maximum Gasteiger partial charge on any atom is 0.500 e. The Hall–Kier alpha value is -2.88. The molecule has 14 heteroatoms. The number of aliphatic hydroxyl groups is 1. The number of hydrogen-bond acceptors (Lipinski definition) is 13. The van der Waals surface area contributed by atoms with E-state index in [2.05, 4.69) is 0 Å². The molecule has 3 atom stereocenters. The summed E-state index contributed by atoms with van der Waals surface area (Å²) in [7, 11) is 1.40. The molecule has 238 valence electrons. The van der Waals surface area contributed by atoms with Gasteiger partial charge in [-0.25, -0.2) is 0 Å². The SMILES string of the molecule is CCC(C)(CC(C)(C(=O)OCCC[Si](OC)(OC)OC)C(C)(C#N)C(=O)CCOC(=O)C(C)(C)C#N)C(=O)OCCO. The summed E-state index contributed by atoms with van der Waals surface area (Å²) in [4.78, 5) is 52.5. The van der Waals surface area contributed by atoms with Gasteiger partial charge in [-0.2, -0.15) is 10.5 Å². The Bertz CT molecular complexity index is 1030. The molecule has 0 amide bonds. The zero-order valence-electron chi connectivity index (χ0n) is 26.3. The number of carbonyl (C=O) groups excluding carboxylic acids is 4. The van der Waals surface area contributed by atoms with Crippen LogP contribution in [0, 0.1) is 44.3 Å². The van der Waals surface area contributed by atoms with E-state index in [0.717, 1.165) is 0 Å². The summed E-state index contributed by atoms with van der Waals surface area (Å²) in [6, 6.07) is 4.09. The van der Waals surface area contributed by atoms with Crippen LogP contribution >= 0.6 is 0 Å². The number of nitrogens with zero attached hydrogens (tertiary/aromatic N) is 2. The maximum absolute atomic E-state index is 13.8. The van der Waals surface area contributed by atoms with Crippen molar-refractivity contribution >= 4 is 32.5 Å². The zero-order chi connectivity index (χ0) is 32.8. The van der Waals surface area contributed by atoms with Gasteiger partial charge < -0.3 is 32.6 Å². The van der Waals surface area contributed by atoms with Crippen molar-refractivity contribution in [2.75, 3.05) is 47.8 Å². The Balaban J connectivity index is 6.29. The van der Waals surface area contributed by atoms with Gasteiger partial charge in [0, 0.05) is 33.8 Å². The molecule has 0 heterocycles. The van der Waals surface area contributed by atoms with Crippen LogP contribution in [0.2, 0.25) is 6.04 Å². The first-order chi connectivity index (χ1) is 19.5. The third-order valence-electron chi connectivity index (χ3n) is 7.82. The first kappa shape index (κ1) is 39.1. The Morgan fingerprint density at radius 3 is 1.76 bits per heavy atom. The van der Waals surface area contributed by atoms with Gasteiger partial charge in [-0.15, -0.1) is 0 Å². The fourth-order valence-corrected chi connectivity index (χ4v) is 5.95. The third-order valence-corrected chi connectivity index (χ3v) is 10.7. The number of aliphatic hydroxyl groups excluding tert-OH is 1. The number of Topliss-reactive ketones (excluding diaryl/α,β-unsaturated/α-hetero) is 1. The molecule has 0 aliphatic rings. The van der Waals surface area contributed by atoms with E-state index in [1.807, 2.05) is 12.1 Å². The number of nitriles is 2. The molecule has 0 aliphatic carbocycles. The molecule has 0 aliphatic heterocycles. The van der Waals surface area contributed by atoms with Gasteiger partial charge in [-0.1, -0.05) is 6.92 Å². The van der Waals surface area contributed by atoms with E-state index >= 15 is 0 Å². The average molecular weight is 615 g/mol. The van der Waals surface area contributed by atoms with Crippen LogP contribution in [0.3, 0.4) is 0 Å². The molecular weight excluding hydrogens is 568 g/mol. The van der Waals surface area contributed by atoms with Crippen LogP contribution in [0.5, 0.6) is 0 Å². The fraction of sp³-hybridized carbons (Fsp3) is 0.786. The first-order valence-electron chi connectivity index (χ1n) is 13.6. The summed E-state index contributed by atoms with van der Waals surface area (Å²) in [6.07, 6.45) is -0.263. The third kappa shape index (κ3) is 9.31. The molecule has 0 bridgehead atoms. The summed E-state index contributed by atoms with van der Waals surface area (Å²) >= 11 is 0. The first-order valence-corrected chi connectivity index (χ1v) is 15.6. The van der Waals surface area contributed by atoms with Crippen molar-refractivity contribution in [3.8, 4) is 12.1 Å². The predicted octanol–water partition coefficient (Wildman–Crippen LogP) is 2.73. The summed E-state index contributed by atoms with van der Waals surface area (Å²) in [5, 5.41) is 28.6. The van der Waals surface area contributed by atoms with E-state index in [9.17, 15) is 24.4 Å². The normalized spacial score (nSPS) is 16.0. The molecule has 13 nitrogen and oxygen atoms in total.